The number of ether oxygens (including phenoxy) is 3. The van der Waals surface area contributed by atoms with Crippen LogP contribution in [0.4, 0.5) is 8.78 Å². The second-order valence-electron chi connectivity index (χ2n) is 10.9. The number of methoxy groups -OCH3 is 1. The van der Waals surface area contributed by atoms with E-state index in [2.05, 4.69) is 43.5 Å². The Balaban J connectivity index is 1.26. The molecule has 1 aliphatic carbocycles. The number of aliphatic hydroxyl groups is 2. The number of rotatable bonds is 7. The minimum absolute atomic E-state index is 0.0104. The van der Waals surface area contributed by atoms with Crippen LogP contribution in [0.1, 0.15) is 37.9 Å². The van der Waals surface area contributed by atoms with Gasteiger partial charge in [0.15, 0.2) is 11.6 Å². The number of nitrogens with zero attached hydrogens (tertiary/aromatic N) is 6. The summed E-state index contributed by atoms with van der Waals surface area (Å²) in [6.07, 6.45) is 2.72. The molecule has 5 heterocycles. The molecular formula is C25H29BrF2N6O5. The molecular weight excluding hydrogens is 582 g/mol. The van der Waals surface area contributed by atoms with Gasteiger partial charge in [0.25, 0.3) is 0 Å². The van der Waals surface area contributed by atoms with Gasteiger partial charge in [-0.3, -0.25) is 0 Å². The van der Waals surface area contributed by atoms with Crippen LogP contribution < -0.4 is 0 Å². The van der Waals surface area contributed by atoms with Crippen LogP contribution >= 0.6 is 15.9 Å². The molecule has 4 aliphatic rings. The maximum atomic E-state index is 14.6. The number of aromatic nitrogens is 6. The van der Waals surface area contributed by atoms with Gasteiger partial charge in [-0.1, -0.05) is 10.4 Å². The van der Waals surface area contributed by atoms with E-state index in [0.717, 1.165) is 19.3 Å². The molecule has 0 spiro atoms. The molecule has 39 heavy (non-hydrogen) atoms. The molecule has 210 valence electrons. The predicted molar refractivity (Wildman–Crippen MR) is 135 cm³/mol. The highest BCUT2D eigenvalue weighted by Gasteiger charge is 2.58. The molecule has 0 radical (unpaired) electrons. The second-order valence-corrected chi connectivity index (χ2v) is 11.7. The van der Waals surface area contributed by atoms with Gasteiger partial charge < -0.3 is 24.4 Å². The van der Waals surface area contributed by atoms with E-state index in [1.807, 2.05) is 10.9 Å². The lowest BCUT2D eigenvalue weighted by Crippen LogP contribution is -2.62. The summed E-state index contributed by atoms with van der Waals surface area (Å²) in [5.41, 5.74) is 0.462. The summed E-state index contributed by atoms with van der Waals surface area (Å²) in [4.78, 5) is 0. The number of fused-ring (bicyclic) bond motifs is 2. The van der Waals surface area contributed by atoms with Crippen LogP contribution in [0.5, 0.6) is 0 Å². The summed E-state index contributed by atoms with van der Waals surface area (Å²) in [7, 11) is 1.48. The zero-order chi connectivity index (χ0) is 27.5. The van der Waals surface area contributed by atoms with Crippen molar-refractivity contribution < 1.29 is 33.2 Å². The minimum atomic E-state index is -1.22. The van der Waals surface area contributed by atoms with Gasteiger partial charge >= 0.3 is 0 Å². The van der Waals surface area contributed by atoms with Crippen LogP contribution in [-0.2, 0) is 26.2 Å². The zero-order valence-corrected chi connectivity index (χ0v) is 23.0. The molecule has 3 aliphatic heterocycles. The summed E-state index contributed by atoms with van der Waals surface area (Å²) in [6.45, 7) is 2.34. The average molecular weight is 611 g/mol. The van der Waals surface area contributed by atoms with Crippen molar-refractivity contribution in [3.8, 4) is 11.3 Å². The number of aliphatic hydroxyl groups excluding tert-OH is 2. The SMILES string of the molecule is CO[C@@H]1[C@@H](n2cc(-c3ccc(Br)c(F)c3F)nn2)[C@@H](O)[C@@H](CO)O[C@@H]1Cc1cn(C23CCOC(C)(C2)C3)nn1. The van der Waals surface area contributed by atoms with Crippen molar-refractivity contribution in [2.24, 2.45) is 0 Å². The average Bonchev–Trinajstić information content (AvgIpc) is 3.58. The van der Waals surface area contributed by atoms with E-state index in [1.165, 1.54) is 30.1 Å². The van der Waals surface area contributed by atoms with Crippen LogP contribution in [-0.4, -0.2) is 90.5 Å². The fraction of sp³-hybridized carbons (Fsp3) is 0.600. The molecule has 2 aromatic heterocycles. The summed E-state index contributed by atoms with van der Waals surface area (Å²) in [5.74, 6) is -2.11. The lowest BCUT2D eigenvalue weighted by atomic mass is 9.62. The Labute approximate surface area is 231 Å². The molecule has 4 fully saturated rings. The maximum Gasteiger partial charge on any atom is 0.173 e. The van der Waals surface area contributed by atoms with Gasteiger partial charge in [0.1, 0.15) is 30.0 Å². The van der Waals surface area contributed by atoms with E-state index in [9.17, 15) is 19.0 Å². The summed E-state index contributed by atoms with van der Waals surface area (Å²) < 4.78 is 49.7. The van der Waals surface area contributed by atoms with Gasteiger partial charge in [0.2, 0.25) is 0 Å². The van der Waals surface area contributed by atoms with Crippen molar-refractivity contribution >= 4 is 15.9 Å². The Morgan fingerprint density at radius 3 is 2.67 bits per heavy atom. The van der Waals surface area contributed by atoms with Crippen LogP contribution in [0.3, 0.4) is 0 Å². The van der Waals surface area contributed by atoms with Crippen LogP contribution in [0.2, 0.25) is 0 Å². The quantitative estimate of drug-likeness (QED) is 0.387. The Bertz CT molecular complexity index is 1360. The first-order valence-electron chi connectivity index (χ1n) is 12.8. The van der Waals surface area contributed by atoms with Gasteiger partial charge in [-0.25, -0.2) is 18.1 Å². The predicted octanol–water partition coefficient (Wildman–Crippen LogP) is 2.16. The van der Waals surface area contributed by atoms with Gasteiger partial charge in [0, 0.05) is 44.7 Å². The Hall–Kier alpha value is -2.36. The van der Waals surface area contributed by atoms with E-state index in [0.29, 0.717) is 18.7 Å². The second kappa shape index (κ2) is 9.93. The molecule has 5 atom stereocenters. The van der Waals surface area contributed by atoms with E-state index in [-0.39, 0.29) is 26.9 Å². The van der Waals surface area contributed by atoms with Crippen LogP contribution in [0, 0.1) is 11.6 Å². The van der Waals surface area contributed by atoms with E-state index < -0.39 is 48.7 Å². The van der Waals surface area contributed by atoms with E-state index >= 15 is 0 Å². The zero-order valence-electron chi connectivity index (χ0n) is 21.4. The lowest BCUT2D eigenvalue weighted by Gasteiger charge is -2.58. The van der Waals surface area contributed by atoms with Crippen molar-refractivity contribution in [3.63, 3.8) is 0 Å². The monoisotopic (exact) mass is 610 g/mol. The maximum absolute atomic E-state index is 14.6. The molecule has 0 amide bonds. The van der Waals surface area contributed by atoms with Gasteiger partial charge in [-0.2, -0.15) is 0 Å². The van der Waals surface area contributed by atoms with Crippen LogP contribution in [0.25, 0.3) is 11.3 Å². The van der Waals surface area contributed by atoms with Crippen molar-refractivity contribution in [2.45, 2.75) is 74.2 Å². The molecule has 7 rings (SSSR count). The third-order valence-electron chi connectivity index (χ3n) is 8.22. The smallest absolute Gasteiger partial charge is 0.173 e. The summed E-state index contributed by atoms with van der Waals surface area (Å²) >= 11 is 2.97. The number of benzene rings is 1. The highest BCUT2D eigenvalue weighted by molar-refractivity contribution is 9.10. The molecule has 2 N–H and O–H groups in total. The number of hydrogen-bond donors (Lipinski definition) is 2. The molecule has 1 saturated carbocycles. The Kier molecular flexibility index (Phi) is 6.83. The van der Waals surface area contributed by atoms with Crippen molar-refractivity contribution in [1.29, 1.82) is 0 Å². The summed E-state index contributed by atoms with van der Waals surface area (Å²) in [5, 5.41) is 38.0. The summed E-state index contributed by atoms with van der Waals surface area (Å²) in [6, 6.07) is 1.92. The number of hydrogen-bond acceptors (Lipinski definition) is 9. The first-order valence-corrected chi connectivity index (χ1v) is 13.5. The Morgan fingerprint density at radius 1 is 1.15 bits per heavy atom. The normalized spacial score (nSPS) is 34.2. The van der Waals surface area contributed by atoms with Crippen LogP contribution in [0.15, 0.2) is 29.0 Å². The molecule has 11 nitrogen and oxygen atoms in total. The fourth-order valence-corrected chi connectivity index (χ4v) is 6.72. The van der Waals surface area contributed by atoms with Crippen molar-refractivity contribution in [3.05, 3.63) is 46.3 Å². The number of halogens is 3. The van der Waals surface area contributed by atoms with E-state index in [1.54, 1.807) is 0 Å². The highest BCUT2D eigenvalue weighted by atomic mass is 79.9. The molecule has 14 heteroatoms. The first-order chi connectivity index (χ1) is 18.7. The molecule has 0 unspecified atom stereocenters. The fourth-order valence-electron chi connectivity index (χ4n) is 6.41. The first kappa shape index (κ1) is 26.8. The van der Waals surface area contributed by atoms with Gasteiger partial charge in [-0.05, 0) is 41.4 Å². The third kappa shape index (κ3) is 4.50. The van der Waals surface area contributed by atoms with E-state index in [4.69, 9.17) is 14.2 Å². The molecule has 2 bridgehead atoms. The molecule has 3 saturated heterocycles. The third-order valence-corrected chi connectivity index (χ3v) is 8.84. The standard InChI is InChI=1S/C25H29BrF2N6O5/c1-24-11-25(12-24,5-6-38-24)34-8-13(29-32-34)7-17-23(37-2)21(22(36)18(10-35)39-17)33-9-16(30-31-33)14-3-4-15(26)20(28)19(14)27/h3-4,8-9,17-18,21-23,35-36H,5-7,10-12H2,1-2H3/t17-,18-,21+,22+,23+,24?,25?/m1/s1. The molecule has 1 aromatic carbocycles. The lowest BCUT2D eigenvalue weighted by molar-refractivity contribution is -0.212. The highest BCUT2D eigenvalue weighted by Crippen LogP contribution is 2.54. The minimum Gasteiger partial charge on any atom is -0.394 e. The van der Waals surface area contributed by atoms with Crippen molar-refractivity contribution in [1.82, 2.24) is 30.0 Å². The van der Waals surface area contributed by atoms with Gasteiger partial charge in [-0.15, -0.1) is 10.2 Å². The largest absolute Gasteiger partial charge is 0.394 e. The Morgan fingerprint density at radius 2 is 1.95 bits per heavy atom. The van der Waals surface area contributed by atoms with Gasteiger partial charge in [0.05, 0.1) is 40.2 Å². The molecule has 3 aromatic rings. The topological polar surface area (TPSA) is 130 Å². The van der Waals surface area contributed by atoms with Crippen molar-refractivity contribution in [2.75, 3.05) is 20.3 Å².